The zero-order valence-electron chi connectivity index (χ0n) is 12.1. The van der Waals surface area contributed by atoms with Gasteiger partial charge in [-0.25, -0.2) is 4.98 Å². The number of nitrogens with one attached hydrogen (secondary N) is 1. The number of aromatic nitrogens is 1. The van der Waals surface area contributed by atoms with Crippen LogP contribution in [0.2, 0.25) is 0 Å². The number of nitrogen functional groups attached to an aromatic ring is 1. The van der Waals surface area contributed by atoms with E-state index in [1.807, 2.05) is 12.1 Å². The molecule has 6 nitrogen and oxygen atoms in total. The first kappa shape index (κ1) is 15.1. The summed E-state index contributed by atoms with van der Waals surface area (Å²) in [5, 5.41) is 3.96. The summed E-state index contributed by atoms with van der Waals surface area (Å²) in [6.07, 6.45) is 1.68. The van der Waals surface area contributed by atoms with Crippen LogP contribution in [0.25, 0.3) is 0 Å². The van der Waals surface area contributed by atoms with Gasteiger partial charge in [-0.15, -0.1) is 11.3 Å². The third kappa shape index (κ3) is 3.25. The van der Waals surface area contributed by atoms with Gasteiger partial charge in [0, 0.05) is 25.7 Å². The Labute approximate surface area is 126 Å². The Morgan fingerprint density at radius 2 is 2.19 bits per heavy atom. The molecule has 0 amide bonds. The number of nitrogens with two attached hydrogens (primary N) is 1. The molecule has 0 aliphatic heterocycles. The molecule has 21 heavy (non-hydrogen) atoms. The summed E-state index contributed by atoms with van der Waals surface area (Å²) < 4.78 is 10.4. The molecule has 0 atom stereocenters. The van der Waals surface area contributed by atoms with Crippen LogP contribution in [0.4, 0.5) is 10.7 Å². The van der Waals surface area contributed by atoms with Crippen molar-refractivity contribution in [2.75, 3.05) is 25.3 Å². The Kier molecular flexibility index (Phi) is 4.64. The molecule has 0 bridgehead atoms. The molecule has 0 fully saturated rings. The molecule has 0 saturated carbocycles. The maximum absolute atomic E-state index is 11.5. The normalized spacial score (nSPS) is 10.2. The number of pyridine rings is 1. The van der Waals surface area contributed by atoms with Gasteiger partial charge in [-0.3, -0.25) is 4.79 Å². The number of Topliss-reactive ketones (excluding diaryl/α,β-unsaturated/α-hetero) is 1. The van der Waals surface area contributed by atoms with Gasteiger partial charge in [0.05, 0.1) is 24.8 Å². The molecule has 112 valence electrons. The van der Waals surface area contributed by atoms with Crippen molar-refractivity contribution in [1.82, 2.24) is 4.98 Å². The molecule has 7 heteroatoms. The molecule has 2 rings (SSSR count). The molecule has 0 radical (unpaired) electrons. The Balaban J connectivity index is 2.19. The minimum atomic E-state index is -0.0746. The van der Waals surface area contributed by atoms with E-state index in [1.54, 1.807) is 13.3 Å². The quantitative estimate of drug-likeness (QED) is 0.798. The molecule has 0 saturated heterocycles. The first-order valence-corrected chi connectivity index (χ1v) is 7.08. The van der Waals surface area contributed by atoms with E-state index >= 15 is 0 Å². The maximum atomic E-state index is 11.5. The van der Waals surface area contributed by atoms with Crippen molar-refractivity contribution in [3.63, 3.8) is 0 Å². The Morgan fingerprint density at radius 3 is 2.81 bits per heavy atom. The highest BCUT2D eigenvalue weighted by atomic mass is 32.1. The number of methoxy groups -OCH3 is 2. The van der Waals surface area contributed by atoms with Crippen LogP contribution >= 0.6 is 11.3 Å². The van der Waals surface area contributed by atoms with Crippen LogP contribution in [-0.2, 0) is 6.54 Å². The van der Waals surface area contributed by atoms with Gasteiger partial charge >= 0.3 is 0 Å². The molecule has 0 aliphatic carbocycles. The average molecular weight is 307 g/mol. The van der Waals surface area contributed by atoms with Gasteiger partial charge in [0.1, 0.15) is 5.00 Å². The minimum absolute atomic E-state index is 0.0746. The van der Waals surface area contributed by atoms with Crippen LogP contribution < -0.4 is 20.5 Å². The first-order chi connectivity index (χ1) is 10.1. The van der Waals surface area contributed by atoms with Crippen LogP contribution in [0.5, 0.6) is 11.6 Å². The number of ketones is 1. The van der Waals surface area contributed by atoms with Gasteiger partial charge < -0.3 is 20.5 Å². The van der Waals surface area contributed by atoms with Gasteiger partial charge in [0.25, 0.3) is 0 Å². The molecule has 3 N–H and O–H groups in total. The number of nitrogens with zero attached hydrogens (tertiary/aromatic N) is 1. The van der Waals surface area contributed by atoms with Crippen molar-refractivity contribution in [2.45, 2.75) is 13.5 Å². The summed E-state index contributed by atoms with van der Waals surface area (Å²) in [5.41, 5.74) is 7.30. The lowest BCUT2D eigenvalue weighted by atomic mass is 10.2. The molecule has 0 unspecified atom stereocenters. The molecule has 0 aromatic carbocycles. The number of rotatable bonds is 6. The van der Waals surface area contributed by atoms with E-state index in [2.05, 4.69) is 10.3 Å². The fraction of sp³-hybridized carbons (Fsp3) is 0.286. The topological polar surface area (TPSA) is 86.5 Å². The Morgan fingerprint density at radius 1 is 1.43 bits per heavy atom. The fourth-order valence-electron chi connectivity index (χ4n) is 1.86. The number of carbonyl (C=O) groups excluding carboxylic acids is 1. The van der Waals surface area contributed by atoms with E-state index in [-0.39, 0.29) is 5.78 Å². The van der Waals surface area contributed by atoms with Gasteiger partial charge in [-0.2, -0.15) is 0 Å². The fourth-order valence-corrected chi connectivity index (χ4v) is 2.84. The predicted molar refractivity (Wildman–Crippen MR) is 83.4 cm³/mol. The number of hydrogen-bond acceptors (Lipinski definition) is 7. The molecule has 0 aliphatic rings. The summed E-state index contributed by atoms with van der Waals surface area (Å²) in [6, 6.07) is 3.72. The largest absolute Gasteiger partial charge is 0.492 e. The lowest BCUT2D eigenvalue weighted by molar-refractivity contribution is 0.102. The monoisotopic (exact) mass is 307 g/mol. The summed E-state index contributed by atoms with van der Waals surface area (Å²) >= 11 is 1.29. The molecule has 2 heterocycles. The molecular weight excluding hydrogens is 290 g/mol. The second-order valence-electron chi connectivity index (χ2n) is 4.32. The van der Waals surface area contributed by atoms with Crippen molar-refractivity contribution in [3.05, 3.63) is 28.8 Å². The Hall–Kier alpha value is -2.28. The molecular formula is C14H17N3O3S. The van der Waals surface area contributed by atoms with Crippen molar-refractivity contribution in [2.24, 2.45) is 0 Å². The number of hydrogen-bond donors (Lipinski definition) is 2. The average Bonchev–Trinajstić information content (AvgIpc) is 2.81. The Bertz CT molecular complexity index is 655. The van der Waals surface area contributed by atoms with E-state index in [0.29, 0.717) is 28.7 Å². The van der Waals surface area contributed by atoms with E-state index in [4.69, 9.17) is 15.2 Å². The third-order valence-corrected chi connectivity index (χ3v) is 4.13. The summed E-state index contributed by atoms with van der Waals surface area (Å²) in [5.74, 6) is 0.983. The zero-order valence-corrected chi connectivity index (χ0v) is 12.9. The van der Waals surface area contributed by atoms with Crippen molar-refractivity contribution in [1.29, 1.82) is 0 Å². The van der Waals surface area contributed by atoms with Crippen LogP contribution in [0, 0.1) is 0 Å². The molecule has 0 spiro atoms. The summed E-state index contributed by atoms with van der Waals surface area (Å²) in [4.78, 5) is 16.1. The van der Waals surface area contributed by atoms with Gasteiger partial charge in [-0.1, -0.05) is 0 Å². The van der Waals surface area contributed by atoms with Gasteiger partial charge in [-0.05, 0) is 11.6 Å². The van der Waals surface area contributed by atoms with Gasteiger partial charge in [0.2, 0.25) is 5.88 Å². The highest BCUT2D eigenvalue weighted by Gasteiger charge is 2.19. The van der Waals surface area contributed by atoms with Crippen molar-refractivity contribution >= 4 is 27.8 Å². The predicted octanol–water partition coefficient (Wildman–Crippen LogP) is 2.56. The standard InChI is InChI=1S/C14H17N3O3S/c1-8(18)13-11(15)12(20-3)14(21-13)17-7-9-4-5-16-10(6-9)19-2/h4-6,17H,7,15H2,1-3H3. The maximum Gasteiger partial charge on any atom is 0.213 e. The lowest BCUT2D eigenvalue weighted by Crippen LogP contribution is -2.01. The van der Waals surface area contributed by atoms with Crippen LogP contribution in [0.15, 0.2) is 18.3 Å². The summed E-state index contributed by atoms with van der Waals surface area (Å²) in [7, 11) is 3.10. The lowest BCUT2D eigenvalue weighted by Gasteiger charge is -2.07. The highest BCUT2D eigenvalue weighted by molar-refractivity contribution is 7.19. The highest BCUT2D eigenvalue weighted by Crippen LogP contribution is 2.42. The number of carbonyl (C=O) groups is 1. The summed E-state index contributed by atoms with van der Waals surface area (Å²) in [6.45, 7) is 2.03. The SMILES string of the molecule is COc1cc(CNc2sc(C(C)=O)c(N)c2OC)ccn1. The first-order valence-electron chi connectivity index (χ1n) is 6.26. The van der Waals surface area contributed by atoms with Crippen molar-refractivity contribution in [3.8, 4) is 11.6 Å². The molecule has 2 aromatic rings. The van der Waals surface area contributed by atoms with Gasteiger partial charge in [0.15, 0.2) is 11.5 Å². The van der Waals surface area contributed by atoms with E-state index in [1.165, 1.54) is 25.4 Å². The van der Waals surface area contributed by atoms with Crippen LogP contribution in [0.1, 0.15) is 22.2 Å². The van der Waals surface area contributed by atoms with E-state index in [0.717, 1.165) is 10.6 Å². The van der Waals surface area contributed by atoms with Crippen LogP contribution in [-0.4, -0.2) is 25.0 Å². The van der Waals surface area contributed by atoms with E-state index in [9.17, 15) is 4.79 Å². The number of thiophene rings is 1. The van der Waals surface area contributed by atoms with Crippen LogP contribution in [0.3, 0.4) is 0 Å². The second kappa shape index (κ2) is 6.45. The smallest absolute Gasteiger partial charge is 0.213 e. The minimum Gasteiger partial charge on any atom is -0.492 e. The number of anilines is 2. The second-order valence-corrected chi connectivity index (χ2v) is 5.34. The zero-order chi connectivity index (χ0) is 15.4. The molecule has 2 aromatic heterocycles. The third-order valence-electron chi connectivity index (χ3n) is 2.88. The van der Waals surface area contributed by atoms with Crippen molar-refractivity contribution < 1.29 is 14.3 Å². The van der Waals surface area contributed by atoms with E-state index < -0.39 is 0 Å². The number of ether oxygens (including phenoxy) is 2.